The molecule has 5 atom stereocenters. The number of phosphoric ester groups is 2. The smallest absolute Gasteiger partial charge is 0.462 e. The van der Waals surface area contributed by atoms with E-state index in [1.165, 1.54) is 218 Å². The van der Waals surface area contributed by atoms with Crippen molar-refractivity contribution in [3.63, 3.8) is 0 Å². The quantitative estimate of drug-likeness (QED) is 0.0222. The van der Waals surface area contributed by atoms with Crippen LogP contribution >= 0.6 is 15.6 Å². The van der Waals surface area contributed by atoms with E-state index in [4.69, 9.17) is 37.0 Å². The number of hydrogen-bond acceptors (Lipinski definition) is 15. The van der Waals surface area contributed by atoms with Gasteiger partial charge in [-0.25, -0.2) is 9.13 Å². The zero-order valence-corrected chi connectivity index (χ0v) is 63.6. The summed E-state index contributed by atoms with van der Waals surface area (Å²) >= 11 is 0. The third-order valence-electron chi connectivity index (χ3n) is 17.8. The molecule has 0 aromatic rings. The molecule has 0 saturated carbocycles. The second kappa shape index (κ2) is 69.2. The van der Waals surface area contributed by atoms with Gasteiger partial charge in [0.1, 0.15) is 19.3 Å². The zero-order chi connectivity index (χ0) is 69.8. The van der Waals surface area contributed by atoms with E-state index in [-0.39, 0.29) is 25.7 Å². The maximum Gasteiger partial charge on any atom is 0.472 e. The molecule has 0 aliphatic rings. The predicted molar refractivity (Wildman–Crippen MR) is 386 cm³/mol. The number of hydrogen-bond donors (Lipinski definition) is 3. The van der Waals surface area contributed by atoms with E-state index in [0.717, 1.165) is 102 Å². The third kappa shape index (κ3) is 70.3. The first kappa shape index (κ1) is 93.1. The van der Waals surface area contributed by atoms with Crippen LogP contribution in [0.4, 0.5) is 0 Å². The van der Waals surface area contributed by atoms with Crippen LogP contribution in [0.5, 0.6) is 0 Å². The van der Waals surface area contributed by atoms with Crippen molar-refractivity contribution in [2.24, 2.45) is 5.92 Å². The average Bonchev–Trinajstić information content (AvgIpc) is 2.38. The van der Waals surface area contributed by atoms with Crippen LogP contribution in [-0.4, -0.2) is 96.7 Å². The number of unbranched alkanes of at least 4 members (excludes halogenated alkanes) is 48. The van der Waals surface area contributed by atoms with Crippen LogP contribution in [0.3, 0.4) is 0 Å². The summed E-state index contributed by atoms with van der Waals surface area (Å²) in [4.78, 5) is 72.7. The molecule has 3 N–H and O–H groups in total. The molecule has 0 aliphatic carbocycles. The maximum atomic E-state index is 13.1. The molecule has 0 spiro atoms. The molecule has 0 saturated heterocycles. The molecule has 17 nitrogen and oxygen atoms in total. The highest BCUT2D eigenvalue weighted by atomic mass is 31.2. The Kier molecular flexibility index (Phi) is 67.7. The van der Waals surface area contributed by atoms with Crippen LogP contribution in [-0.2, 0) is 65.4 Å². The van der Waals surface area contributed by atoms with Crippen LogP contribution in [0.25, 0.3) is 0 Å². The molecule has 0 aromatic carbocycles. The fourth-order valence-electron chi connectivity index (χ4n) is 11.7. The first-order valence-corrected chi connectivity index (χ1v) is 42.6. The molecular weight excluding hydrogens is 1250 g/mol. The molecule has 0 aromatic heterocycles. The largest absolute Gasteiger partial charge is 0.472 e. The van der Waals surface area contributed by atoms with Crippen molar-refractivity contribution in [1.82, 2.24) is 0 Å². The minimum absolute atomic E-state index is 0.106. The lowest BCUT2D eigenvalue weighted by molar-refractivity contribution is -0.161. The Morgan fingerprint density at radius 2 is 0.484 bits per heavy atom. The highest BCUT2D eigenvalue weighted by Gasteiger charge is 2.30. The Labute approximate surface area is 581 Å². The zero-order valence-electron chi connectivity index (χ0n) is 61.8. The third-order valence-corrected chi connectivity index (χ3v) is 19.7. The summed E-state index contributed by atoms with van der Waals surface area (Å²) in [7, 11) is -9.90. The Hall–Kier alpha value is -1.94. The number of ether oxygens (including phenoxy) is 4. The molecular formula is C76H148O17P2. The summed E-state index contributed by atoms with van der Waals surface area (Å²) in [6.07, 6.45) is 58.4. The molecule has 0 bridgehead atoms. The lowest BCUT2D eigenvalue weighted by atomic mass is 10.0. The van der Waals surface area contributed by atoms with Gasteiger partial charge in [-0.15, -0.1) is 0 Å². The molecule has 0 aliphatic heterocycles. The van der Waals surface area contributed by atoms with Crippen molar-refractivity contribution >= 4 is 39.5 Å². The summed E-state index contributed by atoms with van der Waals surface area (Å²) in [5.41, 5.74) is 0. The molecule has 0 rings (SSSR count). The molecule has 0 heterocycles. The number of aliphatic hydroxyl groups excluding tert-OH is 1. The topological polar surface area (TPSA) is 237 Å². The summed E-state index contributed by atoms with van der Waals surface area (Å²) in [5, 5.41) is 10.6. The summed E-state index contributed by atoms with van der Waals surface area (Å²) in [5.74, 6) is -1.38. The van der Waals surface area contributed by atoms with Gasteiger partial charge in [0.25, 0.3) is 0 Å². The summed E-state index contributed by atoms with van der Waals surface area (Å²) in [6.45, 7) is 7.24. The van der Waals surface area contributed by atoms with Crippen molar-refractivity contribution in [1.29, 1.82) is 0 Å². The SMILES string of the molecule is CCCCCCCCCCCCCCCCCCCCCCCC(=O)O[C@H](COC(=O)CCCCCCCCCCCCCCCC)COP(=O)(O)OC[C@@H](O)COP(=O)(O)OC[C@@H](COC(=O)CCCCCCCCCC)OC(=O)CCCCCCCCCCCC(C)C. The molecule has 95 heavy (non-hydrogen) atoms. The molecule has 564 valence electrons. The number of aliphatic hydroxyl groups is 1. The molecule has 19 heteroatoms. The van der Waals surface area contributed by atoms with E-state index in [1.807, 2.05) is 0 Å². The maximum absolute atomic E-state index is 13.1. The van der Waals surface area contributed by atoms with Gasteiger partial charge in [0, 0.05) is 25.7 Å². The van der Waals surface area contributed by atoms with Crippen LogP contribution < -0.4 is 0 Å². The second-order valence-corrected chi connectivity index (χ2v) is 30.8. The van der Waals surface area contributed by atoms with Crippen molar-refractivity contribution in [2.45, 2.75) is 419 Å². The van der Waals surface area contributed by atoms with Gasteiger partial charge >= 0.3 is 39.5 Å². The van der Waals surface area contributed by atoms with Crippen molar-refractivity contribution < 1.29 is 80.2 Å². The minimum atomic E-state index is -4.96. The van der Waals surface area contributed by atoms with Gasteiger partial charge in [-0.3, -0.25) is 37.3 Å². The van der Waals surface area contributed by atoms with E-state index in [2.05, 4.69) is 34.6 Å². The Morgan fingerprint density at radius 3 is 0.716 bits per heavy atom. The summed E-state index contributed by atoms with van der Waals surface area (Å²) in [6, 6.07) is 0. The first-order valence-electron chi connectivity index (χ1n) is 39.6. The molecule has 2 unspecified atom stereocenters. The fourth-order valence-corrected chi connectivity index (χ4v) is 13.3. The summed E-state index contributed by atoms with van der Waals surface area (Å²) < 4.78 is 68.4. The van der Waals surface area contributed by atoms with Gasteiger partial charge < -0.3 is 33.8 Å². The van der Waals surface area contributed by atoms with Gasteiger partial charge in [-0.05, 0) is 31.6 Å². The van der Waals surface area contributed by atoms with Gasteiger partial charge in [0.15, 0.2) is 12.2 Å². The van der Waals surface area contributed by atoms with Crippen molar-refractivity contribution in [3.05, 3.63) is 0 Å². The average molecular weight is 1400 g/mol. The van der Waals surface area contributed by atoms with Crippen LogP contribution in [0.15, 0.2) is 0 Å². The standard InChI is InChI=1S/C76H148O17P2/c1-6-9-12-15-18-21-23-25-27-28-29-30-31-32-33-35-37-41-46-51-56-61-75(80)92-72(66-87-74(79)60-55-50-45-40-36-34-26-24-22-19-16-13-10-7-2)68-91-95(84,85)89-64-70(77)63-88-94(82,83)90-67-71(65-86-73(78)59-54-49-44-20-17-14-11-8-3)93-76(81)62-57-52-47-42-38-39-43-48-53-58-69(4)5/h69-72,77H,6-68H2,1-5H3,(H,82,83)(H,84,85)/t70-,71+,72+/m0/s1. The van der Waals surface area contributed by atoms with E-state index in [0.29, 0.717) is 25.7 Å². The number of rotatable bonds is 76. The van der Waals surface area contributed by atoms with E-state index < -0.39 is 97.5 Å². The van der Waals surface area contributed by atoms with E-state index in [9.17, 15) is 43.2 Å². The Balaban J connectivity index is 5.18. The van der Waals surface area contributed by atoms with Crippen LogP contribution in [0.2, 0.25) is 0 Å². The molecule has 0 radical (unpaired) electrons. The van der Waals surface area contributed by atoms with E-state index in [1.54, 1.807) is 0 Å². The lowest BCUT2D eigenvalue weighted by Gasteiger charge is -2.21. The fraction of sp³-hybridized carbons (Fsp3) is 0.947. The highest BCUT2D eigenvalue weighted by molar-refractivity contribution is 7.47. The number of esters is 4. The monoisotopic (exact) mass is 1400 g/mol. The van der Waals surface area contributed by atoms with Gasteiger partial charge in [-0.1, -0.05) is 349 Å². The van der Waals surface area contributed by atoms with Crippen LogP contribution in [0.1, 0.15) is 401 Å². The lowest BCUT2D eigenvalue weighted by Crippen LogP contribution is -2.30. The molecule has 0 amide bonds. The van der Waals surface area contributed by atoms with Crippen LogP contribution in [0, 0.1) is 5.92 Å². The second-order valence-electron chi connectivity index (χ2n) is 27.9. The van der Waals surface area contributed by atoms with Crippen molar-refractivity contribution in [2.75, 3.05) is 39.6 Å². The Morgan fingerprint density at radius 1 is 0.284 bits per heavy atom. The first-order chi connectivity index (χ1) is 46.0. The normalized spacial score (nSPS) is 13.9. The number of phosphoric acid groups is 2. The number of carbonyl (C=O) groups is 4. The van der Waals surface area contributed by atoms with E-state index >= 15 is 0 Å². The highest BCUT2D eigenvalue weighted by Crippen LogP contribution is 2.45. The Bertz CT molecular complexity index is 1820. The van der Waals surface area contributed by atoms with Gasteiger partial charge in [0.05, 0.1) is 26.4 Å². The van der Waals surface area contributed by atoms with Gasteiger partial charge in [-0.2, -0.15) is 0 Å². The van der Waals surface area contributed by atoms with Gasteiger partial charge in [0.2, 0.25) is 0 Å². The number of carbonyl (C=O) groups excluding carboxylic acids is 4. The predicted octanol–water partition coefficient (Wildman–Crippen LogP) is 22.5. The van der Waals surface area contributed by atoms with Crippen molar-refractivity contribution in [3.8, 4) is 0 Å². The minimum Gasteiger partial charge on any atom is -0.462 e. The molecule has 0 fully saturated rings.